The molecule has 0 fully saturated rings. The van der Waals surface area contributed by atoms with Crippen molar-refractivity contribution in [2.24, 2.45) is 0 Å². The fraction of sp³-hybridized carbons (Fsp3) is 0.188. The first-order valence-corrected chi connectivity index (χ1v) is 8.83. The van der Waals surface area contributed by atoms with Crippen molar-refractivity contribution in [2.45, 2.75) is 13.1 Å². The number of nitrogens with one attached hydrogen (secondary N) is 2. The van der Waals surface area contributed by atoms with Gasteiger partial charge in [0, 0.05) is 22.8 Å². The lowest BCUT2D eigenvalue weighted by molar-refractivity contribution is 0.269. The summed E-state index contributed by atoms with van der Waals surface area (Å²) in [7, 11) is 0. The minimum atomic E-state index is -0.319. The quantitative estimate of drug-likeness (QED) is 0.519. The van der Waals surface area contributed by atoms with E-state index >= 15 is 0 Å². The van der Waals surface area contributed by atoms with Gasteiger partial charge in [0.05, 0.1) is 31.2 Å². The van der Waals surface area contributed by atoms with Crippen molar-refractivity contribution in [3.05, 3.63) is 57.7 Å². The molecule has 0 radical (unpaired) electrons. The Kier molecular flexibility index (Phi) is 6.02. The van der Waals surface area contributed by atoms with E-state index in [9.17, 15) is 4.39 Å². The normalized spacial score (nSPS) is 10.8. The highest BCUT2D eigenvalue weighted by Gasteiger charge is 2.09. The Hall–Kier alpha value is -2.23. The predicted octanol–water partition coefficient (Wildman–Crippen LogP) is 3.58. The summed E-state index contributed by atoms with van der Waals surface area (Å²) < 4.78 is 16.2. The smallest absolute Gasteiger partial charge is 0.229 e. The molecule has 3 N–H and O–H groups in total. The zero-order valence-electron chi connectivity index (χ0n) is 13.5. The Morgan fingerprint density at radius 1 is 1.31 bits per heavy atom. The largest absolute Gasteiger partial charge is 0.394 e. The van der Waals surface area contributed by atoms with Gasteiger partial charge in [-0.15, -0.1) is 0 Å². The van der Waals surface area contributed by atoms with E-state index in [0.717, 1.165) is 4.47 Å². The highest BCUT2D eigenvalue weighted by Crippen LogP contribution is 2.23. The fourth-order valence-electron chi connectivity index (χ4n) is 2.19. The molecule has 136 valence electrons. The van der Waals surface area contributed by atoms with Crippen molar-refractivity contribution in [1.82, 2.24) is 19.7 Å². The van der Waals surface area contributed by atoms with E-state index in [-0.39, 0.29) is 19.0 Å². The summed E-state index contributed by atoms with van der Waals surface area (Å²) in [6.45, 7) is 0.614. The van der Waals surface area contributed by atoms with Gasteiger partial charge in [0.1, 0.15) is 10.8 Å². The maximum atomic E-state index is 13.8. The molecule has 1 aromatic carbocycles. The van der Waals surface area contributed by atoms with Crippen molar-refractivity contribution < 1.29 is 9.50 Å². The topological polar surface area (TPSA) is 87.9 Å². The van der Waals surface area contributed by atoms with E-state index in [0.29, 0.717) is 34.6 Å². The van der Waals surface area contributed by atoms with Crippen LogP contribution in [-0.4, -0.2) is 31.5 Å². The van der Waals surface area contributed by atoms with Crippen LogP contribution in [0.25, 0.3) is 0 Å². The Labute approximate surface area is 162 Å². The van der Waals surface area contributed by atoms with Gasteiger partial charge < -0.3 is 15.7 Å². The van der Waals surface area contributed by atoms with Gasteiger partial charge >= 0.3 is 0 Å². The number of nitrogens with zero attached hydrogens (tertiary/aromatic N) is 4. The zero-order valence-corrected chi connectivity index (χ0v) is 15.8. The molecule has 3 rings (SSSR count). The lowest BCUT2D eigenvalue weighted by Gasteiger charge is -2.10. The number of hydrogen-bond acceptors (Lipinski definition) is 6. The van der Waals surface area contributed by atoms with Crippen LogP contribution in [0, 0.1) is 5.82 Å². The first kappa shape index (κ1) is 18.6. The molecule has 0 unspecified atom stereocenters. The predicted molar refractivity (Wildman–Crippen MR) is 101 cm³/mol. The van der Waals surface area contributed by atoms with Gasteiger partial charge in [-0.1, -0.05) is 27.5 Å². The van der Waals surface area contributed by atoms with E-state index in [2.05, 4.69) is 41.6 Å². The molecule has 0 amide bonds. The van der Waals surface area contributed by atoms with Gasteiger partial charge in [-0.2, -0.15) is 10.1 Å². The van der Waals surface area contributed by atoms with E-state index in [1.165, 1.54) is 12.3 Å². The molecule has 26 heavy (non-hydrogen) atoms. The SMILES string of the molecule is OCCn1cc(Nc2ncc(Cl)c(NCc3cc(Br)ccc3F)n2)cn1. The molecule has 0 bridgehead atoms. The van der Waals surface area contributed by atoms with Crippen LogP contribution in [0.1, 0.15) is 5.56 Å². The maximum Gasteiger partial charge on any atom is 0.229 e. The molecule has 3 aromatic rings. The van der Waals surface area contributed by atoms with Crippen molar-refractivity contribution in [3.8, 4) is 0 Å². The molecule has 2 heterocycles. The molecule has 0 saturated carbocycles. The average molecular weight is 442 g/mol. The van der Waals surface area contributed by atoms with E-state index in [1.807, 2.05) is 0 Å². The van der Waals surface area contributed by atoms with Gasteiger partial charge in [-0.25, -0.2) is 9.37 Å². The molecule has 0 aliphatic heterocycles. The second-order valence-corrected chi connectivity index (χ2v) is 6.64. The Morgan fingerprint density at radius 3 is 2.96 bits per heavy atom. The monoisotopic (exact) mass is 440 g/mol. The number of hydrogen-bond donors (Lipinski definition) is 3. The number of aromatic nitrogens is 4. The molecule has 7 nitrogen and oxygen atoms in total. The van der Waals surface area contributed by atoms with Crippen molar-refractivity contribution in [2.75, 3.05) is 17.2 Å². The van der Waals surface area contributed by atoms with Crippen LogP contribution < -0.4 is 10.6 Å². The minimum Gasteiger partial charge on any atom is -0.394 e. The molecule has 0 atom stereocenters. The van der Waals surface area contributed by atoms with Gasteiger partial charge in [-0.3, -0.25) is 4.68 Å². The van der Waals surface area contributed by atoms with Crippen LogP contribution >= 0.6 is 27.5 Å². The maximum absolute atomic E-state index is 13.8. The van der Waals surface area contributed by atoms with E-state index in [4.69, 9.17) is 16.7 Å². The van der Waals surface area contributed by atoms with Gasteiger partial charge in [0.15, 0.2) is 5.82 Å². The van der Waals surface area contributed by atoms with Crippen LogP contribution in [0.5, 0.6) is 0 Å². The average Bonchev–Trinajstić information content (AvgIpc) is 3.05. The number of aliphatic hydroxyl groups is 1. The lowest BCUT2D eigenvalue weighted by atomic mass is 10.2. The summed E-state index contributed by atoms with van der Waals surface area (Å²) in [5, 5.41) is 19.3. The Morgan fingerprint density at radius 2 is 2.15 bits per heavy atom. The van der Waals surface area contributed by atoms with Gasteiger partial charge in [-0.05, 0) is 18.2 Å². The number of halogens is 3. The highest BCUT2D eigenvalue weighted by atomic mass is 79.9. The Bertz CT molecular complexity index is 906. The molecular weight excluding hydrogens is 427 g/mol. The molecule has 10 heteroatoms. The summed E-state index contributed by atoms with van der Waals surface area (Å²) in [4.78, 5) is 8.42. The molecule has 0 spiro atoms. The third-order valence-corrected chi connectivity index (χ3v) is 4.19. The van der Waals surface area contributed by atoms with Crippen LogP contribution in [0.15, 0.2) is 41.3 Å². The molecule has 0 aliphatic rings. The summed E-state index contributed by atoms with van der Waals surface area (Å²) in [6, 6.07) is 4.71. The standard InChI is InChI=1S/C16H15BrClFN6O/c17-11-1-2-14(19)10(5-11)6-20-15-13(18)8-21-16(24-15)23-12-7-22-25(9-12)3-4-26/h1-2,5,7-9,26H,3-4,6H2,(H2,20,21,23,24). The second-order valence-electron chi connectivity index (χ2n) is 5.32. The first-order chi connectivity index (χ1) is 12.5. The van der Waals surface area contributed by atoms with Crippen molar-refractivity contribution in [3.63, 3.8) is 0 Å². The van der Waals surface area contributed by atoms with Crippen LogP contribution in [-0.2, 0) is 13.1 Å². The lowest BCUT2D eigenvalue weighted by Crippen LogP contribution is -2.06. The van der Waals surface area contributed by atoms with Crippen LogP contribution in [0.2, 0.25) is 5.02 Å². The number of benzene rings is 1. The third kappa shape index (κ3) is 4.69. The zero-order chi connectivity index (χ0) is 18.5. The van der Waals surface area contributed by atoms with E-state index in [1.54, 1.807) is 29.2 Å². The van der Waals surface area contributed by atoms with Crippen molar-refractivity contribution >= 4 is 45.0 Å². The summed E-state index contributed by atoms with van der Waals surface area (Å²) in [6.07, 6.45) is 4.77. The highest BCUT2D eigenvalue weighted by molar-refractivity contribution is 9.10. The number of rotatable bonds is 7. The molecule has 0 aliphatic carbocycles. The van der Waals surface area contributed by atoms with Crippen molar-refractivity contribution in [1.29, 1.82) is 0 Å². The Balaban J connectivity index is 1.71. The second kappa shape index (κ2) is 8.43. The minimum absolute atomic E-state index is 0.00120. The van der Waals surface area contributed by atoms with E-state index < -0.39 is 0 Å². The molecular formula is C16H15BrClFN6O. The third-order valence-electron chi connectivity index (χ3n) is 3.42. The summed E-state index contributed by atoms with van der Waals surface area (Å²) in [5.41, 5.74) is 1.15. The van der Waals surface area contributed by atoms with Crippen LogP contribution in [0.3, 0.4) is 0 Å². The van der Waals surface area contributed by atoms with Gasteiger partial charge in [0.25, 0.3) is 0 Å². The number of anilines is 3. The van der Waals surface area contributed by atoms with Gasteiger partial charge in [0.2, 0.25) is 5.95 Å². The first-order valence-electron chi connectivity index (χ1n) is 7.66. The van der Waals surface area contributed by atoms with Crippen LogP contribution in [0.4, 0.5) is 21.8 Å². The molecule has 2 aromatic heterocycles. The number of aliphatic hydroxyl groups excluding tert-OH is 1. The summed E-state index contributed by atoms with van der Waals surface area (Å²) >= 11 is 9.44. The summed E-state index contributed by atoms with van der Waals surface area (Å²) in [5.74, 6) is 0.377. The fourth-order valence-corrected chi connectivity index (χ4v) is 2.76. The molecule has 0 saturated heterocycles.